The molecule has 2 saturated heterocycles. The number of hydrogen-bond donors (Lipinski definition) is 1. The number of aromatic nitrogens is 1. The van der Waals surface area contributed by atoms with Crippen LogP contribution in [0.5, 0.6) is 0 Å². The molecular weight excluding hydrogens is 494 g/mol. The number of likely N-dealkylation sites (tertiary alicyclic amines) is 1. The van der Waals surface area contributed by atoms with Crippen molar-refractivity contribution in [3.8, 4) is 11.3 Å². The van der Waals surface area contributed by atoms with Crippen molar-refractivity contribution in [3.05, 3.63) is 89.1 Å². The summed E-state index contributed by atoms with van der Waals surface area (Å²) in [6.45, 7) is 2.71. The summed E-state index contributed by atoms with van der Waals surface area (Å²) in [5, 5.41) is 2.34. The SMILES string of the molecule is CN(C(=O)c1ccccc1)C1CN(Cc2ccnc(-c3ccc4c(c3)CN(C3CCC(=O)NC3=O)C4=O)c2)C1. The van der Waals surface area contributed by atoms with Gasteiger partial charge >= 0.3 is 0 Å². The quantitative estimate of drug-likeness (QED) is 0.498. The van der Waals surface area contributed by atoms with Crippen LogP contribution in [0.15, 0.2) is 66.9 Å². The van der Waals surface area contributed by atoms with Gasteiger partial charge in [0.05, 0.1) is 11.7 Å². The zero-order chi connectivity index (χ0) is 27.1. The number of pyridine rings is 1. The van der Waals surface area contributed by atoms with E-state index in [9.17, 15) is 19.2 Å². The number of fused-ring (bicyclic) bond motifs is 1. The third kappa shape index (κ3) is 4.81. The van der Waals surface area contributed by atoms with Crippen LogP contribution in [0.2, 0.25) is 0 Å². The highest BCUT2D eigenvalue weighted by Crippen LogP contribution is 2.31. The molecule has 1 N–H and O–H groups in total. The fourth-order valence-electron chi connectivity index (χ4n) is 5.59. The molecule has 0 radical (unpaired) electrons. The second kappa shape index (κ2) is 10.1. The van der Waals surface area contributed by atoms with Gasteiger partial charge in [0.2, 0.25) is 11.8 Å². The zero-order valence-corrected chi connectivity index (χ0v) is 21.7. The summed E-state index contributed by atoms with van der Waals surface area (Å²) >= 11 is 0. The Balaban J connectivity index is 1.10. The Morgan fingerprint density at radius 1 is 1.05 bits per heavy atom. The van der Waals surface area contributed by atoms with Crippen LogP contribution >= 0.6 is 0 Å². The van der Waals surface area contributed by atoms with E-state index in [1.54, 1.807) is 17.2 Å². The van der Waals surface area contributed by atoms with Crippen LogP contribution in [0, 0.1) is 0 Å². The monoisotopic (exact) mass is 523 g/mol. The van der Waals surface area contributed by atoms with Crippen LogP contribution in [-0.2, 0) is 22.7 Å². The van der Waals surface area contributed by atoms with Crippen LogP contribution in [0.3, 0.4) is 0 Å². The number of hydrogen-bond acceptors (Lipinski definition) is 6. The number of piperidine rings is 1. The average Bonchev–Trinajstić information content (AvgIpc) is 3.25. The van der Waals surface area contributed by atoms with Gasteiger partial charge < -0.3 is 9.80 Å². The molecule has 2 fully saturated rings. The molecule has 3 aromatic rings. The number of nitrogens with zero attached hydrogens (tertiary/aromatic N) is 4. The maximum Gasteiger partial charge on any atom is 0.255 e. The number of nitrogens with one attached hydrogen (secondary N) is 1. The van der Waals surface area contributed by atoms with Crippen LogP contribution in [0.25, 0.3) is 11.3 Å². The normalized spacial score (nSPS) is 19.5. The number of benzene rings is 2. The Kier molecular flexibility index (Phi) is 6.44. The topological polar surface area (TPSA) is 103 Å². The zero-order valence-electron chi connectivity index (χ0n) is 21.7. The predicted molar refractivity (Wildman–Crippen MR) is 143 cm³/mol. The summed E-state index contributed by atoms with van der Waals surface area (Å²) in [7, 11) is 1.86. The van der Waals surface area contributed by atoms with Crippen molar-refractivity contribution in [2.45, 2.75) is 38.0 Å². The smallest absolute Gasteiger partial charge is 0.255 e. The molecule has 198 valence electrons. The summed E-state index contributed by atoms with van der Waals surface area (Å²) in [6.07, 6.45) is 2.37. The molecule has 3 aliphatic heterocycles. The molecule has 2 aromatic carbocycles. The van der Waals surface area contributed by atoms with Gasteiger partial charge in [-0.3, -0.25) is 34.4 Å². The van der Waals surface area contributed by atoms with Gasteiger partial charge in [0.15, 0.2) is 0 Å². The van der Waals surface area contributed by atoms with Crippen molar-refractivity contribution in [3.63, 3.8) is 0 Å². The number of imide groups is 1. The minimum absolute atomic E-state index is 0.0395. The second-order valence-electron chi connectivity index (χ2n) is 10.5. The van der Waals surface area contributed by atoms with E-state index in [1.165, 1.54) is 0 Å². The van der Waals surface area contributed by atoms with E-state index in [2.05, 4.69) is 21.3 Å². The standard InChI is InChI=1S/C30H29N5O4/c1-33(29(38)20-5-3-2-4-6-20)23-17-34(18-23)15-19-11-12-31-25(13-19)21-7-8-24-22(14-21)16-35(30(24)39)26-9-10-27(36)32-28(26)37/h2-8,11-14,23,26H,9-10,15-18H2,1H3,(H,32,36,37). The van der Waals surface area contributed by atoms with E-state index in [-0.39, 0.29) is 30.2 Å². The van der Waals surface area contributed by atoms with Crippen molar-refractivity contribution in [1.82, 2.24) is 25.0 Å². The predicted octanol–water partition coefficient (Wildman–Crippen LogP) is 2.47. The Hall–Kier alpha value is -4.37. The highest BCUT2D eigenvalue weighted by molar-refractivity contribution is 6.05. The minimum atomic E-state index is -0.630. The highest BCUT2D eigenvalue weighted by Gasteiger charge is 2.39. The van der Waals surface area contributed by atoms with E-state index < -0.39 is 11.9 Å². The van der Waals surface area contributed by atoms with Crippen molar-refractivity contribution in [2.75, 3.05) is 20.1 Å². The molecule has 0 aliphatic carbocycles. The van der Waals surface area contributed by atoms with Crippen molar-refractivity contribution in [2.24, 2.45) is 0 Å². The van der Waals surface area contributed by atoms with Crippen LogP contribution in [0.1, 0.15) is 44.7 Å². The van der Waals surface area contributed by atoms with Gasteiger partial charge in [0.1, 0.15) is 6.04 Å². The Labute approximate surface area is 226 Å². The fraction of sp³-hybridized carbons (Fsp3) is 0.300. The Morgan fingerprint density at radius 3 is 2.62 bits per heavy atom. The number of rotatable bonds is 6. The molecule has 1 unspecified atom stereocenters. The number of amides is 4. The largest absolute Gasteiger partial charge is 0.336 e. The van der Waals surface area contributed by atoms with E-state index >= 15 is 0 Å². The molecule has 1 aromatic heterocycles. The molecule has 0 saturated carbocycles. The average molecular weight is 524 g/mol. The third-order valence-electron chi connectivity index (χ3n) is 7.88. The molecule has 6 rings (SSSR count). The fourth-order valence-corrected chi connectivity index (χ4v) is 5.59. The maximum atomic E-state index is 13.0. The van der Waals surface area contributed by atoms with Gasteiger partial charge in [-0.1, -0.05) is 24.3 Å². The van der Waals surface area contributed by atoms with Crippen molar-refractivity contribution < 1.29 is 19.2 Å². The van der Waals surface area contributed by atoms with Crippen molar-refractivity contribution >= 4 is 23.6 Å². The Morgan fingerprint density at radius 2 is 1.85 bits per heavy atom. The summed E-state index contributed by atoms with van der Waals surface area (Å²) < 4.78 is 0. The lowest BCUT2D eigenvalue weighted by atomic mass is 10.0. The molecule has 0 spiro atoms. The molecule has 4 heterocycles. The highest BCUT2D eigenvalue weighted by atomic mass is 16.2. The van der Waals surface area contributed by atoms with Crippen molar-refractivity contribution in [1.29, 1.82) is 0 Å². The number of likely N-dealkylation sites (N-methyl/N-ethyl adjacent to an activating group) is 1. The molecule has 9 heteroatoms. The minimum Gasteiger partial charge on any atom is -0.336 e. The van der Waals surface area contributed by atoms with Gasteiger partial charge in [-0.25, -0.2) is 0 Å². The first-order valence-electron chi connectivity index (χ1n) is 13.1. The first-order valence-corrected chi connectivity index (χ1v) is 13.1. The van der Waals surface area contributed by atoms with Gasteiger partial charge in [-0.05, 0) is 53.9 Å². The van der Waals surface area contributed by atoms with E-state index in [0.717, 1.165) is 42.0 Å². The lowest BCUT2D eigenvalue weighted by Crippen LogP contribution is -2.59. The molecule has 3 aliphatic rings. The van der Waals surface area contributed by atoms with Gasteiger partial charge in [-0.2, -0.15) is 0 Å². The number of carbonyl (C=O) groups excluding carboxylic acids is 4. The van der Waals surface area contributed by atoms with E-state index in [4.69, 9.17) is 0 Å². The number of carbonyl (C=O) groups is 4. The first-order chi connectivity index (χ1) is 18.9. The molecule has 9 nitrogen and oxygen atoms in total. The first kappa shape index (κ1) is 24.9. The van der Waals surface area contributed by atoms with Crippen LogP contribution in [-0.4, -0.2) is 75.5 Å². The molecule has 4 amide bonds. The van der Waals surface area contributed by atoms with E-state index in [1.807, 2.05) is 60.5 Å². The lowest BCUT2D eigenvalue weighted by Gasteiger charge is -2.44. The molecular formula is C30H29N5O4. The second-order valence-corrected chi connectivity index (χ2v) is 10.5. The summed E-state index contributed by atoms with van der Waals surface area (Å²) in [5.41, 5.74) is 4.98. The summed E-state index contributed by atoms with van der Waals surface area (Å²) in [6, 6.07) is 18.6. The van der Waals surface area contributed by atoms with Gasteiger partial charge in [-0.15, -0.1) is 0 Å². The maximum absolute atomic E-state index is 13.0. The van der Waals surface area contributed by atoms with Crippen LogP contribution < -0.4 is 5.32 Å². The molecule has 1 atom stereocenters. The summed E-state index contributed by atoms with van der Waals surface area (Å²) in [5.74, 6) is -0.852. The van der Waals surface area contributed by atoms with Crippen LogP contribution in [0.4, 0.5) is 0 Å². The third-order valence-corrected chi connectivity index (χ3v) is 7.88. The van der Waals surface area contributed by atoms with E-state index in [0.29, 0.717) is 24.1 Å². The molecule has 0 bridgehead atoms. The molecule has 39 heavy (non-hydrogen) atoms. The van der Waals surface area contributed by atoms with Gasteiger partial charge in [0.25, 0.3) is 11.8 Å². The summed E-state index contributed by atoms with van der Waals surface area (Å²) in [4.78, 5) is 59.8. The van der Waals surface area contributed by atoms with Gasteiger partial charge in [0, 0.05) is 62.5 Å². The lowest BCUT2D eigenvalue weighted by molar-refractivity contribution is -0.136. The Bertz CT molecular complexity index is 1470.